The Kier molecular flexibility index (Phi) is 7.33. The summed E-state index contributed by atoms with van der Waals surface area (Å²) in [4.78, 5) is 14.1. The second-order valence-corrected chi connectivity index (χ2v) is 7.84. The Morgan fingerprint density at radius 3 is 2.48 bits per heavy atom. The van der Waals surface area contributed by atoms with E-state index < -0.39 is 11.7 Å². The van der Waals surface area contributed by atoms with Crippen LogP contribution in [0.2, 0.25) is 0 Å². The summed E-state index contributed by atoms with van der Waals surface area (Å²) in [6.45, 7) is 7.65. The quantitative estimate of drug-likeness (QED) is 0.790. The van der Waals surface area contributed by atoms with Crippen molar-refractivity contribution in [1.29, 1.82) is 0 Å². The average molecular weight is 380 g/mol. The van der Waals surface area contributed by atoms with Crippen LogP contribution in [0.15, 0.2) is 18.2 Å². The molecule has 0 saturated carbocycles. The number of ether oxygens (including phenoxy) is 3. The third-order valence-electron chi connectivity index (χ3n) is 4.54. The number of nitrogens with zero attached hydrogens (tertiary/aromatic N) is 1. The van der Waals surface area contributed by atoms with Crippen LogP contribution in [-0.4, -0.2) is 61.6 Å². The van der Waals surface area contributed by atoms with Crippen molar-refractivity contribution in [2.45, 2.75) is 51.4 Å². The first-order chi connectivity index (χ1) is 12.7. The fraction of sp³-hybridized carbons (Fsp3) is 0.650. The Balaban J connectivity index is 1.86. The monoisotopic (exact) mass is 380 g/mol. The smallest absolute Gasteiger partial charge is 0.407 e. The lowest BCUT2D eigenvalue weighted by Crippen LogP contribution is -2.46. The van der Waals surface area contributed by atoms with Crippen LogP contribution in [0.4, 0.5) is 4.79 Å². The molecular weight excluding hydrogens is 348 g/mol. The number of methoxy groups -OCH3 is 2. The minimum Gasteiger partial charge on any atom is -0.497 e. The number of aliphatic hydroxyl groups is 1. The van der Waals surface area contributed by atoms with Crippen LogP contribution in [-0.2, 0) is 4.74 Å². The lowest BCUT2D eigenvalue weighted by atomic mass is 10.0. The second kappa shape index (κ2) is 9.28. The van der Waals surface area contributed by atoms with E-state index in [9.17, 15) is 9.90 Å². The number of alkyl carbamates (subject to hydrolysis) is 1. The predicted octanol–water partition coefficient (Wildman–Crippen LogP) is 2.73. The molecule has 1 heterocycles. The normalized spacial score (nSPS) is 17.3. The van der Waals surface area contributed by atoms with Gasteiger partial charge >= 0.3 is 6.09 Å². The molecule has 1 aromatic rings. The number of aliphatic hydroxyl groups excluding tert-OH is 1. The summed E-state index contributed by atoms with van der Waals surface area (Å²) in [7, 11) is 3.19. The average Bonchev–Trinajstić information content (AvgIpc) is 2.61. The molecular formula is C20H32N2O5. The van der Waals surface area contributed by atoms with Crippen LogP contribution < -0.4 is 14.8 Å². The molecule has 1 fully saturated rings. The maximum atomic E-state index is 11.9. The fourth-order valence-electron chi connectivity index (χ4n) is 3.18. The van der Waals surface area contributed by atoms with Gasteiger partial charge < -0.3 is 29.5 Å². The molecule has 0 aliphatic carbocycles. The Hall–Kier alpha value is -1.99. The number of nitrogens with one attached hydrogen (secondary N) is 1. The molecule has 0 aromatic heterocycles. The van der Waals surface area contributed by atoms with E-state index in [0.717, 1.165) is 25.9 Å². The molecule has 27 heavy (non-hydrogen) atoms. The van der Waals surface area contributed by atoms with E-state index in [-0.39, 0.29) is 12.1 Å². The number of amides is 1. The topological polar surface area (TPSA) is 80.3 Å². The van der Waals surface area contributed by atoms with Gasteiger partial charge in [-0.05, 0) is 51.8 Å². The summed E-state index contributed by atoms with van der Waals surface area (Å²) in [5.74, 6) is 1.33. The van der Waals surface area contributed by atoms with Crippen molar-refractivity contribution in [2.24, 2.45) is 0 Å². The second-order valence-electron chi connectivity index (χ2n) is 7.84. The zero-order chi connectivity index (χ0) is 20.0. The van der Waals surface area contributed by atoms with Crippen LogP contribution in [0.25, 0.3) is 0 Å². The van der Waals surface area contributed by atoms with Crippen molar-refractivity contribution < 1.29 is 24.1 Å². The lowest BCUT2D eigenvalue weighted by molar-refractivity contribution is 0.0458. The molecule has 7 nitrogen and oxygen atoms in total. The molecule has 1 amide bonds. The molecule has 2 N–H and O–H groups in total. The van der Waals surface area contributed by atoms with Gasteiger partial charge in [-0.25, -0.2) is 4.79 Å². The van der Waals surface area contributed by atoms with E-state index in [2.05, 4.69) is 10.2 Å². The maximum absolute atomic E-state index is 11.9. The number of piperidine rings is 1. The molecule has 2 rings (SSSR count). The van der Waals surface area contributed by atoms with Crippen LogP contribution in [0.3, 0.4) is 0 Å². The number of likely N-dealkylation sites (tertiary alicyclic amines) is 1. The zero-order valence-corrected chi connectivity index (χ0v) is 16.9. The number of carbonyl (C=O) groups is 1. The number of rotatable bonds is 6. The van der Waals surface area contributed by atoms with Gasteiger partial charge in [-0.3, -0.25) is 0 Å². The Bertz CT molecular complexity index is 621. The van der Waals surface area contributed by atoms with Crippen molar-refractivity contribution in [3.8, 4) is 11.5 Å². The maximum Gasteiger partial charge on any atom is 0.407 e. The summed E-state index contributed by atoms with van der Waals surface area (Å²) in [6.07, 6.45) is 0.593. The summed E-state index contributed by atoms with van der Waals surface area (Å²) in [5.41, 5.74) is 0.218. The van der Waals surface area contributed by atoms with E-state index in [4.69, 9.17) is 14.2 Å². The van der Waals surface area contributed by atoms with Crippen molar-refractivity contribution in [1.82, 2.24) is 10.2 Å². The standard InChI is InChI=1S/C20H32N2O5/c1-20(2,3)27-19(24)21-14-8-10-22(11-9-14)13-17(23)16-12-15(25-4)6-7-18(16)26-5/h6-7,12,14,17,23H,8-11,13H2,1-5H3,(H,21,24). The molecule has 0 spiro atoms. The first-order valence-electron chi connectivity index (χ1n) is 9.33. The van der Waals surface area contributed by atoms with Crippen LogP contribution in [0, 0.1) is 0 Å². The zero-order valence-electron chi connectivity index (χ0n) is 16.9. The van der Waals surface area contributed by atoms with E-state index in [0.29, 0.717) is 23.6 Å². The number of β-amino-alcohol motifs (C(OH)–C–C–N with tert-alkyl or cyclic N) is 1. The van der Waals surface area contributed by atoms with Crippen molar-refractivity contribution >= 4 is 6.09 Å². The van der Waals surface area contributed by atoms with Crippen molar-refractivity contribution in [3.05, 3.63) is 23.8 Å². The van der Waals surface area contributed by atoms with E-state index >= 15 is 0 Å². The number of hydrogen-bond donors (Lipinski definition) is 2. The summed E-state index contributed by atoms with van der Waals surface area (Å²) in [5, 5.41) is 13.6. The number of hydrogen-bond acceptors (Lipinski definition) is 6. The van der Waals surface area contributed by atoms with Gasteiger partial charge in [0.25, 0.3) is 0 Å². The van der Waals surface area contributed by atoms with Gasteiger partial charge in [-0.1, -0.05) is 0 Å². The third-order valence-corrected chi connectivity index (χ3v) is 4.54. The van der Waals surface area contributed by atoms with Crippen molar-refractivity contribution in [3.63, 3.8) is 0 Å². The molecule has 152 valence electrons. The molecule has 1 aliphatic rings. The first-order valence-corrected chi connectivity index (χ1v) is 9.33. The predicted molar refractivity (Wildman–Crippen MR) is 103 cm³/mol. The minimum atomic E-state index is -0.676. The Labute approximate surface area is 161 Å². The first kappa shape index (κ1) is 21.3. The summed E-state index contributed by atoms with van der Waals surface area (Å²) in [6, 6.07) is 5.51. The summed E-state index contributed by atoms with van der Waals surface area (Å²) < 4.78 is 15.9. The van der Waals surface area contributed by atoms with E-state index in [1.54, 1.807) is 26.4 Å². The highest BCUT2D eigenvalue weighted by atomic mass is 16.6. The molecule has 0 radical (unpaired) electrons. The molecule has 1 saturated heterocycles. The highest BCUT2D eigenvalue weighted by molar-refractivity contribution is 5.68. The molecule has 1 unspecified atom stereocenters. The molecule has 0 bridgehead atoms. The molecule has 1 aliphatic heterocycles. The van der Waals surface area contributed by atoms with E-state index in [1.807, 2.05) is 26.8 Å². The molecule has 1 aromatic carbocycles. The third kappa shape index (κ3) is 6.59. The number of benzene rings is 1. The highest BCUT2D eigenvalue weighted by Crippen LogP contribution is 2.30. The van der Waals surface area contributed by atoms with E-state index in [1.165, 1.54) is 0 Å². The van der Waals surface area contributed by atoms with Gasteiger partial charge in [0.05, 0.1) is 20.3 Å². The van der Waals surface area contributed by atoms with Crippen LogP contribution in [0.5, 0.6) is 11.5 Å². The lowest BCUT2D eigenvalue weighted by Gasteiger charge is -2.34. The summed E-state index contributed by atoms with van der Waals surface area (Å²) >= 11 is 0. The van der Waals surface area contributed by atoms with Gasteiger partial charge in [0, 0.05) is 31.2 Å². The Morgan fingerprint density at radius 1 is 1.26 bits per heavy atom. The minimum absolute atomic E-state index is 0.0969. The fourth-order valence-corrected chi connectivity index (χ4v) is 3.18. The molecule has 7 heteroatoms. The van der Waals surface area contributed by atoms with Crippen LogP contribution in [0.1, 0.15) is 45.3 Å². The van der Waals surface area contributed by atoms with Gasteiger partial charge in [0.15, 0.2) is 0 Å². The van der Waals surface area contributed by atoms with Crippen LogP contribution >= 0.6 is 0 Å². The van der Waals surface area contributed by atoms with Gasteiger partial charge in [0.1, 0.15) is 17.1 Å². The largest absolute Gasteiger partial charge is 0.497 e. The van der Waals surface area contributed by atoms with Gasteiger partial charge in [-0.2, -0.15) is 0 Å². The SMILES string of the molecule is COc1ccc(OC)c(C(O)CN2CCC(NC(=O)OC(C)(C)C)CC2)c1. The highest BCUT2D eigenvalue weighted by Gasteiger charge is 2.25. The van der Waals surface area contributed by atoms with Gasteiger partial charge in [-0.15, -0.1) is 0 Å². The Morgan fingerprint density at radius 2 is 1.93 bits per heavy atom. The van der Waals surface area contributed by atoms with Crippen molar-refractivity contribution in [2.75, 3.05) is 33.9 Å². The molecule has 1 atom stereocenters. The number of carbonyl (C=O) groups excluding carboxylic acids is 1. The van der Waals surface area contributed by atoms with Gasteiger partial charge in [0.2, 0.25) is 0 Å².